The lowest BCUT2D eigenvalue weighted by Gasteiger charge is -2.32. The van der Waals surface area contributed by atoms with Crippen LogP contribution in [0, 0.1) is 11.3 Å². The number of esters is 1. The smallest absolute Gasteiger partial charge is 0.355 e. The summed E-state index contributed by atoms with van der Waals surface area (Å²) in [5.41, 5.74) is -0.270. The summed E-state index contributed by atoms with van der Waals surface area (Å²) in [5.74, 6) is -1.78. The maximum Gasteiger partial charge on any atom is 0.355 e. The zero-order chi connectivity index (χ0) is 20.6. The van der Waals surface area contributed by atoms with Crippen LogP contribution in [0.3, 0.4) is 0 Å². The molecule has 0 aliphatic heterocycles. The Morgan fingerprint density at radius 3 is 2.39 bits per heavy atom. The summed E-state index contributed by atoms with van der Waals surface area (Å²) in [7, 11) is 0. The molecule has 1 aromatic rings. The Hall–Kier alpha value is -3.14. The quantitative estimate of drug-likeness (QED) is 0.579. The Balaban J connectivity index is 2.07. The Morgan fingerprint density at radius 1 is 1.18 bits per heavy atom. The summed E-state index contributed by atoms with van der Waals surface area (Å²) in [6, 6.07) is 11.2. The van der Waals surface area contributed by atoms with Crippen LogP contribution in [0.15, 0.2) is 36.0 Å². The Morgan fingerprint density at radius 2 is 1.82 bits per heavy atom. The van der Waals surface area contributed by atoms with Gasteiger partial charge in [-0.25, -0.2) is 4.79 Å². The number of benzene rings is 1. The van der Waals surface area contributed by atoms with Crippen LogP contribution < -0.4 is 10.6 Å². The maximum atomic E-state index is 12.5. The fourth-order valence-electron chi connectivity index (χ4n) is 3.09. The van der Waals surface area contributed by atoms with Gasteiger partial charge in [0.1, 0.15) is 11.2 Å². The lowest BCUT2D eigenvalue weighted by Crippen LogP contribution is -2.52. The highest BCUT2D eigenvalue weighted by Gasteiger charge is 2.35. The van der Waals surface area contributed by atoms with Gasteiger partial charge in [-0.15, -0.1) is 0 Å². The molecule has 7 heteroatoms. The van der Waals surface area contributed by atoms with Gasteiger partial charge in [-0.3, -0.25) is 9.59 Å². The van der Waals surface area contributed by atoms with E-state index in [1.54, 1.807) is 24.3 Å². The number of nitriles is 1. The van der Waals surface area contributed by atoms with E-state index < -0.39 is 29.4 Å². The number of nitrogens with zero attached hydrogens (tertiary/aromatic N) is 1. The van der Waals surface area contributed by atoms with E-state index in [0.717, 1.165) is 19.3 Å². The first-order chi connectivity index (χ1) is 13.3. The number of ether oxygens (including phenoxy) is 1. The number of carbonyl (C=O) groups is 3. The van der Waals surface area contributed by atoms with Crippen LogP contribution >= 0.6 is 0 Å². The van der Waals surface area contributed by atoms with Crippen molar-refractivity contribution in [3.05, 3.63) is 41.6 Å². The molecule has 0 bridgehead atoms. The molecular weight excluding hydrogens is 358 g/mol. The summed E-state index contributed by atoms with van der Waals surface area (Å²) < 4.78 is 5.24. The first-order valence-electron chi connectivity index (χ1n) is 9.34. The molecule has 1 atom stereocenters. The monoisotopic (exact) mass is 383 g/mol. The fourth-order valence-corrected chi connectivity index (χ4v) is 3.09. The van der Waals surface area contributed by atoms with Gasteiger partial charge in [0, 0.05) is 6.92 Å². The standard InChI is InChI=1S/C21H25N3O4/c1-15(19(26)24-21(14-22)11-7-4-8-12-21)28-20(27)18(23-16(2)25)13-17-9-5-3-6-10-17/h3,5-6,9-10,13,15H,4,7-8,11-12H2,1-2H3,(H,23,25)(H,24,26)/b18-13-/t15-/m1/s1. The summed E-state index contributed by atoms with van der Waals surface area (Å²) in [5, 5.41) is 14.6. The molecule has 2 amide bonds. The zero-order valence-electron chi connectivity index (χ0n) is 16.2. The molecule has 0 heterocycles. The van der Waals surface area contributed by atoms with Gasteiger partial charge in [0.15, 0.2) is 6.10 Å². The van der Waals surface area contributed by atoms with E-state index in [9.17, 15) is 19.6 Å². The van der Waals surface area contributed by atoms with Gasteiger partial charge < -0.3 is 15.4 Å². The fraction of sp³-hybridized carbons (Fsp3) is 0.429. The van der Waals surface area contributed by atoms with E-state index in [1.807, 2.05) is 6.07 Å². The van der Waals surface area contributed by atoms with Crippen molar-refractivity contribution >= 4 is 23.9 Å². The molecule has 0 spiro atoms. The van der Waals surface area contributed by atoms with Crippen molar-refractivity contribution in [3.63, 3.8) is 0 Å². The second kappa shape index (κ2) is 9.70. The largest absolute Gasteiger partial charge is 0.448 e. The van der Waals surface area contributed by atoms with Gasteiger partial charge in [0.2, 0.25) is 5.91 Å². The van der Waals surface area contributed by atoms with Crippen LogP contribution in [0.1, 0.15) is 51.5 Å². The Bertz CT molecular complexity index is 790. The van der Waals surface area contributed by atoms with E-state index in [4.69, 9.17) is 4.74 Å². The van der Waals surface area contributed by atoms with Crippen LogP contribution in [0.25, 0.3) is 6.08 Å². The molecule has 0 radical (unpaired) electrons. The molecule has 7 nitrogen and oxygen atoms in total. The van der Waals surface area contributed by atoms with Crippen molar-refractivity contribution in [1.82, 2.24) is 10.6 Å². The molecule has 2 N–H and O–H groups in total. The third-order valence-corrected chi connectivity index (χ3v) is 4.58. The van der Waals surface area contributed by atoms with Crippen LogP contribution in [0.2, 0.25) is 0 Å². The Labute approximate surface area is 164 Å². The zero-order valence-corrected chi connectivity index (χ0v) is 16.2. The lowest BCUT2D eigenvalue weighted by molar-refractivity contribution is -0.152. The van der Waals surface area contributed by atoms with Crippen molar-refractivity contribution in [1.29, 1.82) is 5.26 Å². The van der Waals surface area contributed by atoms with Gasteiger partial charge in [-0.2, -0.15) is 5.26 Å². The minimum absolute atomic E-state index is 0.0639. The number of rotatable bonds is 6. The normalized spacial score (nSPS) is 17.0. The van der Waals surface area contributed by atoms with Crippen LogP contribution in [-0.2, 0) is 19.1 Å². The minimum atomic E-state index is -1.10. The number of amides is 2. The van der Waals surface area contributed by atoms with Crippen molar-refractivity contribution in [3.8, 4) is 6.07 Å². The van der Waals surface area contributed by atoms with Gasteiger partial charge in [0.05, 0.1) is 6.07 Å². The third kappa shape index (κ3) is 5.95. The molecule has 1 fully saturated rings. The molecule has 1 saturated carbocycles. The van der Waals surface area contributed by atoms with Crippen molar-refractivity contribution in [2.24, 2.45) is 0 Å². The van der Waals surface area contributed by atoms with Gasteiger partial charge >= 0.3 is 5.97 Å². The molecule has 1 aliphatic rings. The molecular formula is C21H25N3O4. The van der Waals surface area contributed by atoms with Crippen LogP contribution in [-0.4, -0.2) is 29.4 Å². The highest BCUT2D eigenvalue weighted by Crippen LogP contribution is 2.27. The van der Waals surface area contributed by atoms with E-state index in [0.29, 0.717) is 18.4 Å². The van der Waals surface area contributed by atoms with Gasteiger partial charge in [0.25, 0.3) is 5.91 Å². The predicted octanol–water partition coefficient (Wildman–Crippen LogP) is 2.44. The van der Waals surface area contributed by atoms with Crippen molar-refractivity contribution in [2.75, 3.05) is 0 Å². The van der Waals surface area contributed by atoms with E-state index in [-0.39, 0.29) is 5.70 Å². The SMILES string of the molecule is CC(=O)N/C(=C\c1ccccc1)C(=O)O[C@H](C)C(=O)NC1(C#N)CCCCC1. The summed E-state index contributed by atoms with van der Waals surface area (Å²) in [6.45, 7) is 2.72. The molecule has 0 aromatic heterocycles. The third-order valence-electron chi connectivity index (χ3n) is 4.58. The molecule has 1 aromatic carbocycles. The highest BCUT2D eigenvalue weighted by molar-refractivity contribution is 5.98. The van der Waals surface area contributed by atoms with E-state index in [2.05, 4.69) is 16.7 Å². The molecule has 148 valence electrons. The average molecular weight is 383 g/mol. The Kier molecular flexibility index (Phi) is 7.33. The molecule has 28 heavy (non-hydrogen) atoms. The topological polar surface area (TPSA) is 108 Å². The van der Waals surface area contributed by atoms with E-state index in [1.165, 1.54) is 19.9 Å². The second-order valence-electron chi connectivity index (χ2n) is 6.94. The second-order valence-corrected chi connectivity index (χ2v) is 6.94. The van der Waals surface area contributed by atoms with Crippen molar-refractivity contribution < 1.29 is 19.1 Å². The van der Waals surface area contributed by atoms with Crippen molar-refractivity contribution in [2.45, 2.75) is 57.6 Å². The van der Waals surface area contributed by atoms with Gasteiger partial charge in [-0.05, 0) is 31.4 Å². The number of nitrogens with one attached hydrogen (secondary N) is 2. The lowest BCUT2D eigenvalue weighted by atomic mass is 9.83. The molecule has 1 aliphatic carbocycles. The van der Waals surface area contributed by atoms with E-state index >= 15 is 0 Å². The summed E-state index contributed by atoms with van der Waals surface area (Å²) in [4.78, 5) is 36.4. The number of carbonyl (C=O) groups excluding carboxylic acids is 3. The van der Waals surface area contributed by atoms with Crippen LogP contribution in [0.4, 0.5) is 0 Å². The maximum absolute atomic E-state index is 12.5. The first-order valence-corrected chi connectivity index (χ1v) is 9.34. The first kappa shape index (κ1) is 21.2. The van der Waals surface area contributed by atoms with Gasteiger partial charge in [-0.1, -0.05) is 49.6 Å². The molecule has 0 unspecified atom stereocenters. The number of hydrogen-bond donors (Lipinski definition) is 2. The predicted molar refractivity (Wildman–Crippen MR) is 103 cm³/mol. The number of hydrogen-bond acceptors (Lipinski definition) is 5. The minimum Gasteiger partial charge on any atom is -0.448 e. The van der Waals surface area contributed by atoms with Crippen LogP contribution in [0.5, 0.6) is 0 Å². The summed E-state index contributed by atoms with van der Waals surface area (Å²) in [6.07, 6.45) is 4.32. The highest BCUT2D eigenvalue weighted by atomic mass is 16.5. The summed E-state index contributed by atoms with van der Waals surface area (Å²) >= 11 is 0. The molecule has 2 rings (SSSR count). The average Bonchev–Trinajstić information content (AvgIpc) is 2.68. The molecule has 0 saturated heterocycles.